The predicted molar refractivity (Wildman–Crippen MR) is 108 cm³/mol. The van der Waals surface area contributed by atoms with E-state index in [-0.39, 0.29) is 29.3 Å². The minimum absolute atomic E-state index is 0.00845. The molecular formula is C23H23FN2O3. The van der Waals surface area contributed by atoms with Crippen LogP contribution in [0, 0.1) is 5.82 Å². The summed E-state index contributed by atoms with van der Waals surface area (Å²) in [6, 6.07) is 16.6. The van der Waals surface area contributed by atoms with Gasteiger partial charge in [-0.3, -0.25) is 9.69 Å². The number of amides is 1. The third-order valence-electron chi connectivity index (χ3n) is 5.32. The van der Waals surface area contributed by atoms with E-state index in [1.807, 2.05) is 12.1 Å². The van der Waals surface area contributed by atoms with Gasteiger partial charge in [0.15, 0.2) is 5.76 Å². The number of benzene rings is 2. The Hall–Kier alpha value is -3.12. The van der Waals surface area contributed by atoms with Crippen molar-refractivity contribution in [3.63, 3.8) is 0 Å². The average molecular weight is 394 g/mol. The molecule has 0 radical (unpaired) electrons. The molecule has 0 aliphatic carbocycles. The fourth-order valence-corrected chi connectivity index (χ4v) is 3.81. The quantitative estimate of drug-likeness (QED) is 0.695. The lowest BCUT2D eigenvalue weighted by molar-refractivity contribution is 0.0931. The SMILES string of the molecule is O=C(c1ccco1)N(c1ccc(F)cc1)C1CCN(Cc2ccc(O)cc2)CC1. The number of likely N-dealkylation sites (tertiary alicyclic amines) is 1. The summed E-state index contributed by atoms with van der Waals surface area (Å²) in [7, 11) is 0. The van der Waals surface area contributed by atoms with Crippen LogP contribution in [-0.2, 0) is 6.54 Å². The molecule has 0 spiro atoms. The molecule has 5 nitrogen and oxygen atoms in total. The molecule has 0 unspecified atom stereocenters. The van der Waals surface area contributed by atoms with E-state index in [1.165, 1.54) is 18.4 Å². The number of halogens is 1. The highest BCUT2D eigenvalue weighted by molar-refractivity contribution is 6.04. The summed E-state index contributed by atoms with van der Waals surface area (Å²) < 4.78 is 18.7. The molecule has 3 aromatic rings. The Morgan fingerprint density at radius 1 is 1.07 bits per heavy atom. The molecule has 2 aromatic carbocycles. The molecule has 1 saturated heterocycles. The maximum absolute atomic E-state index is 13.4. The number of carbonyl (C=O) groups is 1. The Labute approximate surface area is 169 Å². The number of aromatic hydroxyl groups is 1. The van der Waals surface area contributed by atoms with Gasteiger partial charge in [0, 0.05) is 31.4 Å². The third kappa shape index (κ3) is 4.49. The highest BCUT2D eigenvalue weighted by Gasteiger charge is 2.31. The molecular weight excluding hydrogens is 371 g/mol. The van der Waals surface area contributed by atoms with Crippen LogP contribution in [0.1, 0.15) is 29.0 Å². The fourth-order valence-electron chi connectivity index (χ4n) is 3.81. The van der Waals surface area contributed by atoms with Gasteiger partial charge in [-0.05, 0) is 66.9 Å². The van der Waals surface area contributed by atoms with Gasteiger partial charge < -0.3 is 14.4 Å². The maximum atomic E-state index is 13.4. The topological polar surface area (TPSA) is 56.9 Å². The van der Waals surface area contributed by atoms with Gasteiger partial charge in [0.05, 0.1) is 6.26 Å². The molecule has 1 amide bonds. The highest BCUT2D eigenvalue weighted by Crippen LogP contribution is 2.27. The number of hydrogen-bond acceptors (Lipinski definition) is 4. The van der Waals surface area contributed by atoms with Crippen molar-refractivity contribution in [2.75, 3.05) is 18.0 Å². The van der Waals surface area contributed by atoms with Crippen molar-refractivity contribution >= 4 is 11.6 Å². The molecule has 1 N–H and O–H groups in total. The van der Waals surface area contributed by atoms with Crippen molar-refractivity contribution in [2.45, 2.75) is 25.4 Å². The molecule has 4 rings (SSSR count). The first-order valence-electron chi connectivity index (χ1n) is 9.73. The summed E-state index contributed by atoms with van der Waals surface area (Å²) in [5.41, 5.74) is 1.81. The van der Waals surface area contributed by atoms with Gasteiger partial charge in [0.2, 0.25) is 0 Å². The average Bonchev–Trinajstić information content (AvgIpc) is 3.27. The second kappa shape index (κ2) is 8.49. The molecule has 2 heterocycles. The van der Waals surface area contributed by atoms with Crippen molar-refractivity contribution in [1.82, 2.24) is 4.90 Å². The lowest BCUT2D eigenvalue weighted by Crippen LogP contribution is -2.47. The van der Waals surface area contributed by atoms with E-state index in [0.29, 0.717) is 5.69 Å². The molecule has 1 aromatic heterocycles. The Morgan fingerprint density at radius 2 is 1.76 bits per heavy atom. The van der Waals surface area contributed by atoms with Gasteiger partial charge in [-0.15, -0.1) is 0 Å². The maximum Gasteiger partial charge on any atom is 0.294 e. The number of anilines is 1. The van der Waals surface area contributed by atoms with Gasteiger partial charge in [-0.1, -0.05) is 12.1 Å². The lowest BCUT2D eigenvalue weighted by atomic mass is 10.0. The summed E-state index contributed by atoms with van der Waals surface area (Å²) in [6.07, 6.45) is 3.10. The van der Waals surface area contributed by atoms with E-state index in [2.05, 4.69) is 4.90 Å². The second-order valence-corrected chi connectivity index (χ2v) is 7.30. The van der Waals surface area contributed by atoms with Crippen molar-refractivity contribution in [2.24, 2.45) is 0 Å². The van der Waals surface area contributed by atoms with E-state index in [4.69, 9.17) is 4.42 Å². The summed E-state index contributed by atoms with van der Waals surface area (Å²) in [6.45, 7) is 2.49. The van der Waals surface area contributed by atoms with Crippen molar-refractivity contribution in [3.05, 3.63) is 84.1 Å². The first kappa shape index (κ1) is 19.2. The Bertz CT molecular complexity index is 931. The zero-order valence-corrected chi connectivity index (χ0v) is 16.0. The van der Waals surface area contributed by atoms with E-state index in [0.717, 1.165) is 38.0 Å². The van der Waals surface area contributed by atoms with E-state index in [1.54, 1.807) is 41.3 Å². The Kier molecular flexibility index (Phi) is 5.62. The van der Waals surface area contributed by atoms with Gasteiger partial charge in [-0.2, -0.15) is 0 Å². The van der Waals surface area contributed by atoms with Crippen LogP contribution in [0.3, 0.4) is 0 Å². The molecule has 1 aliphatic rings. The van der Waals surface area contributed by atoms with Crippen LogP contribution in [0.4, 0.5) is 10.1 Å². The van der Waals surface area contributed by atoms with Crippen LogP contribution in [-0.4, -0.2) is 35.0 Å². The first-order valence-corrected chi connectivity index (χ1v) is 9.73. The third-order valence-corrected chi connectivity index (χ3v) is 5.32. The minimum Gasteiger partial charge on any atom is -0.508 e. The van der Waals surface area contributed by atoms with Gasteiger partial charge in [-0.25, -0.2) is 4.39 Å². The highest BCUT2D eigenvalue weighted by atomic mass is 19.1. The predicted octanol–water partition coefficient (Wildman–Crippen LogP) is 4.44. The summed E-state index contributed by atoms with van der Waals surface area (Å²) in [5.74, 6) is 0.00106. The van der Waals surface area contributed by atoms with E-state index < -0.39 is 0 Å². The number of piperidine rings is 1. The minimum atomic E-state index is -0.331. The number of hydrogen-bond donors (Lipinski definition) is 1. The molecule has 1 fully saturated rings. The standard InChI is InChI=1S/C23H23FN2O3/c24-18-5-7-19(8-6-18)26(23(28)22-2-1-15-29-22)20-11-13-25(14-12-20)16-17-3-9-21(27)10-4-17/h1-10,15,20,27H,11-14,16H2. The first-order chi connectivity index (χ1) is 14.1. The number of phenols is 1. The summed E-state index contributed by atoms with van der Waals surface area (Å²) in [4.78, 5) is 17.2. The smallest absolute Gasteiger partial charge is 0.294 e. The van der Waals surface area contributed by atoms with Crippen molar-refractivity contribution < 1.29 is 18.7 Å². The number of furan rings is 1. The number of phenolic OH excluding ortho intramolecular Hbond substituents is 1. The number of nitrogens with zero attached hydrogens (tertiary/aromatic N) is 2. The molecule has 0 saturated carbocycles. The lowest BCUT2D eigenvalue weighted by Gasteiger charge is -2.38. The van der Waals surface area contributed by atoms with Crippen molar-refractivity contribution in [1.29, 1.82) is 0 Å². The fraction of sp³-hybridized carbons (Fsp3) is 0.261. The molecule has 0 atom stereocenters. The Balaban J connectivity index is 1.48. The summed E-state index contributed by atoms with van der Waals surface area (Å²) >= 11 is 0. The molecule has 1 aliphatic heterocycles. The van der Waals surface area contributed by atoms with E-state index >= 15 is 0 Å². The van der Waals surface area contributed by atoms with Crippen LogP contribution in [0.5, 0.6) is 5.75 Å². The van der Waals surface area contributed by atoms with Crippen LogP contribution >= 0.6 is 0 Å². The van der Waals surface area contributed by atoms with Gasteiger partial charge in [0.25, 0.3) is 5.91 Å². The molecule has 6 heteroatoms. The van der Waals surface area contributed by atoms with Gasteiger partial charge in [0.1, 0.15) is 11.6 Å². The van der Waals surface area contributed by atoms with Gasteiger partial charge >= 0.3 is 0 Å². The molecule has 29 heavy (non-hydrogen) atoms. The number of carbonyl (C=O) groups excluding carboxylic acids is 1. The molecule has 0 bridgehead atoms. The molecule has 150 valence electrons. The van der Waals surface area contributed by atoms with Crippen LogP contribution < -0.4 is 4.90 Å². The summed E-state index contributed by atoms with van der Waals surface area (Å²) in [5, 5.41) is 9.43. The van der Waals surface area contributed by atoms with E-state index in [9.17, 15) is 14.3 Å². The number of rotatable bonds is 5. The largest absolute Gasteiger partial charge is 0.508 e. The van der Waals surface area contributed by atoms with Crippen LogP contribution in [0.2, 0.25) is 0 Å². The second-order valence-electron chi connectivity index (χ2n) is 7.30. The normalized spacial score (nSPS) is 15.3. The zero-order chi connectivity index (χ0) is 20.2. The van der Waals surface area contributed by atoms with Crippen LogP contribution in [0.25, 0.3) is 0 Å². The zero-order valence-electron chi connectivity index (χ0n) is 16.0. The van der Waals surface area contributed by atoms with Crippen LogP contribution in [0.15, 0.2) is 71.3 Å². The monoisotopic (exact) mass is 394 g/mol. The Morgan fingerprint density at radius 3 is 2.38 bits per heavy atom. The van der Waals surface area contributed by atoms with Crippen molar-refractivity contribution in [3.8, 4) is 5.75 Å².